The molecule has 4 rings (SSSR count). The van der Waals surface area contributed by atoms with Gasteiger partial charge in [0.25, 0.3) is 10.2 Å². The van der Waals surface area contributed by atoms with Gasteiger partial charge in [0.1, 0.15) is 6.04 Å². The SMILES string of the molecule is Cc1cc(C(C[C@H](c2ccc(C3CCN(S(N)(=O)=O)CC3)cc2)c2ccc(Cl)cc2C)N=O)ccn1. The molecule has 1 fully saturated rings. The maximum atomic E-state index is 12.0. The molecule has 0 amide bonds. The molecule has 2 heterocycles. The molecule has 2 N–H and O–H groups in total. The quantitative estimate of drug-likeness (QED) is 0.376. The van der Waals surface area contributed by atoms with E-state index in [4.69, 9.17) is 16.7 Å². The van der Waals surface area contributed by atoms with E-state index in [-0.39, 0.29) is 11.8 Å². The van der Waals surface area contributed by atoms with Crippen molar-refractivity contribution in [3.8, 4) is 0 Å². The number of hydrogen-bond donors (Lipinski definition) is 1. The van der Waals surface area contributed by atoms with Crippen LogP contribution in [0.2, 0.25) is 5.02 Å². The summed E-state index contributed by atoms with van der Waals surface area (Å²) in [6.45, 7) is 4.78. The molecule has 9 heteroatoms. The van der Waals surface area contributed by atoms with Crippen LogP contribution in [-0.2, 0) is 10.2 Å². The van der Waals surface area contributed by atoms with Crippen molar-refractivity contribution in [2.75, 3.05) is 13.1 Å². The fourth-order valence-electron chi connectivity index (χ4n) is 5.15. The molecule has 0 spiro atoms. The molecule has 3 aromatic rings. The lowest BCUT2D eigenvalue weighted by atomic mass is 9.81. The van der Waals surface area contributed by atoms with Gasteiger partial charge in [-0.05, 0) is 91.1 Å². The van der Waals surface area contributed by atoms with Crippen LogP contribution in [0.5, 0.6) is 0 Å². The second-order valence-corrected chi connectivity index (χ2v) is 11.5. The van der Waals surface area contributed by atoms with Crippen LogP contribution in [-0.4, -0.2) is 30.8 Å². The van der Waals surface area contributed by atoms with Gasteiger partial charge in [-0.25, -0.2) is 5.14 Å². The van der Waals surface area contributed by atoms with E-state index in [0.717, 1.165) is 40.8 Å². The Morgan fingerprint density at radius 3 is 2.33 bits per heavy atom. The first-order chi connectivity index (χ1) is 17.2. The lowest BCUT2D eigenvalue weighted by molar-refractivity contribution is 0.320. The Kier molecular flexibility index (Phi) is 8.20. The molecular weight excluding hydrogens is 496 g/mol. The van der Waals surface area contributed by atoms with Crippen LogP contribution < -0.4 is 5.14 Å². The number of pyridine rings is 1. The van der Waals surface area contributed by atoms with Crippen molar-refractivity contribution in [3.05, 3.63) is 104 Å². The standard InChI is InChI=1S/C27H31ClN4O3S/c1-18-15-24(28)7-8-25(18)26(17-27(31-33)23-9-12-30-19(2)16-23)22-5-3-20(4-6-22)21-10-13-32(14-11-21)36(29,34)35/h3-9,12,15-16,21,26-27H,10-11,13-14,17H2,1-2H3,(H2,29,34,35)/t26-,27?/m1/s1. The molecule has 2 aromatic carbocycles. The first kappa shape index (κ1) is 26.4. The summed E-state index contributed by atoms with van der Waals surface area (Å²) in [6, 6.07) is 17.5. The van der Waals surface area contributed by atoms with E-state index in [1.165, 1.54) is 9.87 Å². The minimum absolute atomic E-state index is 0.0586. The van der Waals surface area contributed by atoms with Gasteiger partial charge in [-0.15, -0.1) is 0 Å². The summed E-state index contributed by atoms with van der Waals surface area (Å²) in [5.41, 5.74) is 6.13. The Labute approximate surface area is 217 Å². The molecule has 1 aliphatic rings. The van der Waals surface area contributed by atoms with Gasteiger partial charge in [-0.2, -0.15) is 17.6 Å². The number of nitroso groups, excluding NO2 is 1. The highest BCUT2D eigenvalue weighted by molar-refractivity contribution is 7.86. The molecule has 0 saturated carbocycles. The van der Waals surface area contributed by atoms with E-state index < -0.39 is 16.3 Å². The summed E-state index contributed by atoms with van der Waals surface area (Å²) in [5, 5.41) is 9.44. The minimum Gasteiger partial charge on any atom is -0.262 e. The number of aromatic nitrogens is 1. The van der Waals surface area contributed by atoms with Crippen LogP contribution in [0.3, 0.4) is 0 Å². The predicted molar refractivity (Wildman–Crippen MR) is 143 cm³/mol. The van der Waals surface area contributed by atoms with E-state index >= 15 is 0 Å². The average molecular weight is 527 g/mol. The van der Waals surface area contributed by atoms with Gasteiger partial charge in [0.15, 0.2) is 0 Å². The Hall–Kier alpha value is -2.65. The molecule has 2 atom stereocenters. The Morgan fingerprint density at radius 1 is 1.06 bits per heavy atom. The topological polar surface area (TPSA) is 106 Å². The highest BCUT2D eigenvalue weighted by Gasteiger charge is 2.27. The van der Waals surface area contributed by atoms with E-state index in [1.807, 2.05) is 44.2 Å². The lowest BCUT2D eigenvalue weighted by Gasteiger charge is -2.30. The molecular formula is C27H31ClN4O3S. The highest BCUT2D eigenvalue weighted by atomic mass is 35.5. The van der Waals surface area contributed by atoms with Gasteiger partial charge < -0.3 is 0 Å². The molecule has 1 aromatic heterocycles. The number of hydrogen-bond acceptors (Lipinski definition) is 5. The molecule has 1 saturated heterocycles. The third-order valence-electron chi connectivity index (χ3n) is 7.12. The van der Waals surface area contributed by atoms with Crippen molar-refractivity contribution in [1.29, 1.82) is 0 Å². The monoisotopic (exact) mass is 526 g/mol. The third kappa shape index (κ3) is 6.18. The zero-order valence-electron chi connectivity index (χ0n) is 20.5. The van der Waals surface area contributed by atoms with Crippen LogP contribution in [0.25, 0.3) is 0 Å². The number of nitrogens with zero attached hydrogens (tertiary/aromatic N) is 3. The lowest BCUT2D eigenvalue weighted by Crippen LogP contribution is -2.41. The van der Waals surface area contributed by atoms with E-state index in [1.54, 1.807) is 6.20 Å². The highest BCUT2D eigenvalue weighted by Crippen LogP contribution is 2.39. The van der Waals surface area contributed by atoms with Gasteiger partial charge in [-0.3, -0.25) is 4.98 Å². The van der Waals surface area contributed by atoms with Crippen LogP contribution in [0.15, 0.2) is 66.0 Å². The molecule has 1 unspecified atom stereocenters. The molecule has 1 aliphatic heterocycles. The number of piperidine rings is 1. The van der Waals surface area contributed by atoms with Crippen molar-refractivity contribution < 1.29 is 8.42 Å². The van der Waals surface area contributed by atoms with Gasteiger partial charge in [0.2, 0.25) is 0 Å². The number of halogens is 1. The number of aryl methyl sites for hydroxylation is 2. The van der Waals surface area contributed by atoms with E-state index in [9.17, 15) is 13.3 Å². The summed E-state index contributed by atoms with van der Waals surface area (Å²) >= 11 is 6.23. The van der Waals surface area contributed by atoms with Crippen molar-refractivity contribution in [1.82, 2.24) is 9.29 Å². The van der Waals surface area contributed by atoms with Crippen molar-refractivity contribution >= 4 is 21.8 Å². The second kappa shape index (κ2) is 11.2. The van der Waals surface area contributed by atoms with Crippen LogP contribution in [0.4, 0.5) is 0 Å². The number of benzene rings is 2. The fraction of sp³-hybridized carbons (Fsp3) is 0.370. The smallest absolute Gasteiger partial charge is 0.262 e. The summed E-state index contributed by atoms with van der Waals surface area (Å²) in [4.78, 5) is 16.2. The van der Waals surface area contributed by atoms with Crippen LogP contribution in [0, 0.1) is 18.8 Å². The summed E-state index contributed by atoms with van der Waals surface area (Å²) < 4.78 is 24.6. The molecule has 190 valence electrons. The largest absolute Gasteiger partial charge is 0.276 e. The summed E-state index contributed by atoms with van der Waals surface area (Å²) in [5.74, 6) is 0.216. The predicted octanol–water partition coefficient (Wildman–Crippen LogP) is 5.76. The first-order valence-corrected chi connectivity index (χ1v) is 13.9. The normalized spacial score (nSPS) is 17.0. The summed E-state index contributed by atoms with van der Waals surface area (Å²) in [7, 11) is -3.64. The molecule has 7 nitrogen and oxygen atoms in total. The zero-order chi connectivity index (χ0) is 25.9. The van der Waals surface area contributed by atoms with Gasteiger partial charge >= 0.3 is 0 Å². The van der Waals surface area contributed by atoms with Crippen molar-refractivity contribution in [3.63, 3.8) is 0 Å². The Morgan fingerprint density at radius 2 is 1.75 bits per heavy atom. The maximum absolute atomic E-state index is 12.0. The minimum atomic E-state index is -3.64. The zero-order valence-corrected chi connectivity index (χ0v) is 22.0. The molecule has 36 heavy (non-hydrogen) atoms. The van der Waals surface area contributed by atoms with Gasteiger partial charge in [0, 0.05) is 35.9 Å². The number of nitrogens with two attached hydrogens (primary N) is 1. The molecule has 0 radical (unpaired) electrons. The first-order valence-electron chi connectivity index (χ1n) is 12.0. The van der Waals surface area contributed by atoms with Gasteiger partial charge in [0.05, 0.1) is 0 Å². The molecule has 0 bridgehead atoms. The fourth-order valence-corrected chi connectivity index (χ4v) is 6.10. The second-order valence-electron chi connectivity index (χ2n) is 9.53. The van der Waals surface area contributed by atoms with E-state index in [2.05, 4.69) is 34.4 Å². The Balaban J connectivity index is 1.62. The average Bonchev–Trinajstić information content (AvgIpc) is 2.85. The van der Waals surface area contributed by atoms with Crippen LogP contribution in [0.1, 0.15) is 70.7 Å². The van der Waals surface area contributed by atoms with Crippen molar-refractivity contribution in [2.24, 2.45) is 10.3 Å². The number of rotatable bonds is 8. The molecule has 0 aliphatic carbocycles. The third-order valence-corrected chi connectivity index (χ3v) is 8.44. The maximum Gasteiger partial charge on any atom is 0.276 e. The van der Waals surface area contributed by atoms with Gasteiger partial charge in [-0.1, -0.05) is 47.1 Å². The Bertz CT molecular complexity index is 1320. The van der Waals surface area contributed by atoms with Crippen LogP contribution >= 0.6 is 11.6 Å². The van der Waals surface area contributed by atoms with Crippen molar-refractivity contribution in [2.45, 2.75) is 51.0 Å². The summed E-state index contributed by atoms with van der Waals surface area (Å²) in [6.07, 6.45) is 3.69. The van der Waals surface area contributed by atoms with E-state index in [0.29, 0.717) is 24.5 Å².